The van der Waals surface area contributed by atoms with Crippen molar-refractivity contribution in [1.29, 1.82) is 0 Å². The highest BCUT2D eigenvalue weighted by atomic mass is 35.5. The summed E-state index contributed by atoms with van der Waals surface area (Å²) >= 11 is 0. The SMILES string of the molecule is Cl.Cl.O=C(NCC1CCCN(Cc2nccn2C(F)F)C1)C1CCCN1. The summed E-state index contributed by atoms with van der Waals surface area (Å²) < 4.78 is 26.7. The number of hydrogen-bond acceptors (Lipinski definition) is 4. The first kappa shape index (κ1) is 23.1. The van der Waals surface area contributed by atoms with Crippen LogP contribution in [0.1, 0.15) is 38.1 Å². The van der Waals surface area contributed by atoms with Crippen LogP contribution in [0.15, 0.2) is 12.4 Å². The third-order valence-electron chi connectivity index (χ3n) is 4.87. The predicted octanol–water partition coefficient (Wildman–Crippen LogP) is 2.20. The van der Waals surface area contributed by atoms with Crippen molar-refractivity contribution in [3.63, 3.8) is 0 Å². The van der Waals surface area contributed by atoms with Crippen molar-refractivity contribution < 1.29 is 13.6 Å². The van der Waals surface area contributed by atoms with Crippen molar-refractivity contribution in [3.8, 4) is 0 Å². The Balaban J connectivity index is 0.00000169. The van der Waals surface area contributed by atoms with E-state index in [0.717, 1.165) is 49.9 Å². The molecule has 2 unspecified atom stereocenters. The molecule has 2 saturated heterocycles. The van der Waals surface area contributed by atoms with Gasteiger partial charge in [-0.1, -0.05) is 0 Å². The van der Waals surface area contributed by atoms with E-state index in [4.69, 9.17) is 0 Å². The summed E-state index contributed by atoms with van der Waals surface area (Å²) in [5.74, 6) is 0.835. The number of aromatic nitrogens is 2. The van der Waals surface area contributed by atoms with E-state index in [0.29, 0.717) is 24.8 Å². The van der Waals surface area contributed by atoms with Gasteiger partial charge in [0.15, 0.2) is 0 Å². The van der Waals surface area contributed by atoms with E-state index in [1.807, 2.05) is 0 Å². The molecule has 0 aliphatic carbocycles. The standard InChI is InChI=1S/C16H25F2N5O.2ClH/c17-16(18)23-8-6-20-14(23)11-22-7-2-3-12(10-22)9-21-15(24)13-4-1-5-19-13;;/h6,8,12-13,16,19H,1-5,7,9-11H2,(H,21,24);2*1H. The van der Waals surface area contributed by atoms with E-state index < -0.39 is 6.55 Å². The maximum absolute atomic E-state index is 12.9. The van der Waals surface area contributed by atoms with Gasteiger partial charge in [-0.3, -0.25) is 14.3 Å². The van der Waals surface area contributed by atoms with E-state index in [-0.39, 0.29) is 36.8 Å². The molecule has 2 aliphatic rings. The van der Waals surface area contributed by atoms with Crippen LogP contribution in [0.2, 0.25) is 0 Å². The van der Waals surface area contributed by atoms with Crippen molar-refractivity contribution in [1.82, 2.24) is 25.1 Å². The van der Waals surface area contributed by atoms with Crippen molar-refractivity contribution in [2.24, 2.45) is 5.92 Å². The molecule has 150 valence electrons. The molecular weight excluding hydrogens is 387 g/mol. The minimum atomic E-state index is -2.55. The monoisotopic (exact) mass is 413 g/mol. The largest absolute Gasteiger partial charge is 0.354 e. The van der Waals surface area contributed by atoms with Gasteiger partial charge in [-0.05, 0) is 44.7 Å². The van der Waals surface area contributed by atoms with E-state index in [1.165, 1.54) is 12.4 Å². The van der Waals surface area contributed by atoms with E-state index >= 15 is 0 Å². The minimum Gasteiger partial charge on any atom is -0.354 e. The van der Waals surface area contributed by atoms with Crippen LogP contribution in [-0.4, -0.2) is 52.6 Å². The Morgan fingerprint density at radius 2 is 2.15 bits per heavy atom. The summed E-state index contributed by atoms with van der Waals surface area (Å²) in [6, 6.07) is -0.0526. The smallest absolute Gasteiger partial charge is 0.319 e. The van der Waals surface area contributed by atoms with Crippen LogP contribution >= 0.6 is 24.8 Å². The molecular formula is C16H27Cl2F2N5O. The van der Waals surface area contributed by atoms with E-state index in [1.54, 1.807) is 0 Å². The molecule has 0 spiro atoms. The highest BCUT2D eigenvalue weighted by Gasteiger charge is 2.25. The first-order valence-corrected chi connectivity index (χ1v) is 8.67. The maximum atomic E-state index is 12.9. The zero-order valence-corrected chi connectivity index (χ0v) is 16.2. The maximum Gasteiger partial charge on any atom is 0.319 e. The highest BCUT2D eigenvalue weighted by molar-refractivity contribution is 5.85. The lowest BCUT2D eigenvalue weighted by Gasteiger charge is -2.32. The highest BCUT2D eigenvalue weighted by Crippen LogP contribution is 2.20. The lowest BCUT2D eigenvalue weighted by atomic mass is 9.98. The number of nitrogens with one attached hydrogen (secondary N) is 2. The molecule has 0 saturated carbocycles. The number of nitrogens with zero attached hydrogens (tertiary/aromatic N) is 3. The minimum absolute atomic E-state index is 0. The quantitative estimate of drug-likeness (QED) is 0.750. The Hall–Kier alpha value is -0.960. The average molecular weight is 414 g/mol. The van der Waals surface area contributed by atoms with Crippen LogP contribution < -0.4 is 10.6 Å². The van der Waals surface area contributed by atoms with Crippen molar-refractivity contribution in [3.05, 3.63) is 18.2 Å². The van der Waals surface area contributed by atoms with Crippen LogP contribution in [0.25, 0.3) is 0 Å². The fourth-order valence-electron chi connectivity index (χ4n) is 3.58. The van der Waals surface area contributed by atoms with Gasteiger partial charge in [0, 0.05) is 25.5 Å². The molecule has 2 fully saturated rings. The molecule has 1 aromatic rings. The molecule has 10 heteroatoms. The molecule has 2 N–H and O–H groups in total. The number of piperidine rings is 1. The normalized spacial score (nSPS) is 23.3. The van der Waals surface area contributed by atoms with Crippen LogP contribution in [0, 0.1) is 5.92 Å². The van der Waals surface area contributed by atoms with Crippen molar-refractivity contribution in [2.45, 2.75) is 44.8 Å². The number of imidazole rings is 1. The lowest BCUT2D eigenvalue weighted by Crippen LogP contribution is -2.45. The first-order chi connectivity index (χ1) is 11.6. The number of rotatable bonds is 6. The van der Waals surface area contributed by atoms with Gasteiger partial charge in [-0.25, -0.2) is 4.98 Å². The lowest BCUT2D eigenvalue weighted by molar-refractivity contribution is -0.123. The summed E-state index contributed by atoms with van der Waals surface area (Å²) in [5.41, 5.74) is 0. The zero-order valence-electron chi connectivity index (χ0n) is 14.6. The Bertz CT molecular complexity index is 554. The molecule has 1 aromatic heterocycles. The zero-order chi connectivity index (χ0) is 16.9. The molecule has 3 rings (SSSR count). The van der Waals surface area contributed by atoms with Crippen LogP contribution in [0.4, 0.5) is 8.78 Å². The average Bonchev–Trinajstić information content (AvgIpc) is 3.24. The van der Waals surface area contributed by atoms with Gasteiger partial charge >= 0.3 is 6.55 Å². The number of amides is 1. The molecule has 1 amide bonds. The van der Waals surface area contributed by atoms with Gasteiger partial charge < -0.3 is 10.6 Å². The summed E-state index contributed by atoms with van der Waals surface area (Å²) in [6.07, 6.45) is 6.74. The molecule has 0 radical (unpaired) electrons. The third-order valence-corrected chi connectivity index (χ3v) is 4.87. The Kier molecular flexibility index (Phi) is 9.78. The summed E-state index contributed by atoms with van der Waals surface area (Å²) in [7, 11) is 0. The van der Waals surface area contributed by atoms with E-state index in [2.05, 4.69) is 20.5 Å². The molecule has 3 heterocycles. The number of likely N-dealkylation sites (tertiary alicyclic amines) is 1. The predicted molar refractivity (Wildman–Crippen MR) is 100 cm³/mol. The third kappa shape index (κ3) is 6.04. The fourth-order valence-corrected chi connectivity index (χ4v) is 3.58. The van der Waals surface area contributed by atoms with Crippen LogP contribution in [0.5, 0.6) is 0 Å². The molecule has 2 atom stereocenters. The van der Waals surface area contributed by atoms with Gasteiger partial charge in [0.1, 0.15) is 5.82 Å². The number of carbonyl (C=O) groups is 1. The van der Waals surface area contributed by atoms with Crippen molar-refractivity contribution in [2.75, 3.05) is 26.2 Å². The number of carbonyl (C=O) groups excluding carboxylic acids is 1. The topological polar surface area (TPSA) is 62.2 Å². The summed E-state index contributed by atoms with van der Waals surface area (Å²) in [4.78, 5) is 18.3. The van der Waals surface area contributed by atoms with E-state index in [9.17, 15) is 13.6 Å². The van der Waals surface area contributed by atoms with Crippen LogP contribution in [-0.2, 0) is 11.3 Å². The van der Waals surface area contributed by atoms with Gasteiger partial charge in [0.2, 0.25) is 5.91 Å². The van der Waals surface area contributed by atoms with Gasteiger partial charge in [-0.15, -0.1) is 24.8 Å². The second-order valence-electron chi connectivity index (χ2n) is 6.67. The molecule has 0 bridgehead atoms. The summed E-state index contributed by atoms with van der Waals surface area (Å²) in [5, 5.41) is 6.23. The molecule has 6 nitrogen and oxygen atoms in total. The van der Waals surface area contributed by atoms with Crippen molar-refractivity contribution >= 4 is 30.7 Å². The second-order valence-corrected chi connectivity index (χ2v) is 6.67. The van der Waals surface area contributed by atoms with Gasteiger partial charge in [0.05, 0.1) is 12.6 Å². The van der Waals surface area contributed by atoms with Crippen LogP contribution in [0.3, 0.4) is 0 Å². The van der Waals surface area contributed by atoms with Gasteiger partial charge in [0.25, 0.3) is 0 Å². The number of alkyl halides is 2. The second kappa shape index (κ2) is 11.0. The summed E-state index contributed by atoms with van der Waals surface area (Å²) in [6.45, 7) is 1.11. The fraction of sp³-hybridized carbons (Fsp3) is 0.750. The Morgan fingerprint density at radius 1 is 1.35 bits per heavy atom. The molecule has 26 heavy (non-hydrogen) atoms. The molecule has 0 aromatic carbocycles. The number of halogens is 4. The Morgan fingerprint density at radius 3 is 2.85 bits per heavy atom. The Labute approximate surface area is 164 Å². The molecule has 2 aliphatic heterocycles. The first-order valence-electron chi connectivity index (χ1n) is 8.67. The van der Waals surface area contributed by atoms with Gasteiger partial charge in [-0.2, -0.15) is 8.78 Å². The number of hydrogen-bond donors (Lipinski definition) is 2.